The van der Waals surface area contributed by atoms with E-state index in [1.54, 1.807) is 78.9 Å². The lowest BCUT2D eigenvalue weighted by molar-refractivity contribution is 0.103. The van der Waals surface area contributed by atoms with Crippen molar-refractivity contribution in [2.45, 2.75) is 9.79 Å². The van der Waals surface area contributed by atoms with Crippen LogP contribution in [0.5, 0.6) is 0 Å². The molecule has 0 fully saturated rings. The minimum atomic E-state index is -4.25. The monoisotopic (exact) mass is 507 g/mol. The van der Waals surface area contributed by atoms with E-state index in [9.17, 15) is 21.6 Å². The van der Waals surface area contributed by atoms with Crippen molar-refractivity contribution in [2.24, 2.45) is 0 Å². The summed E-state index contributed by atoms with van der Waals surface area (Å²) in [6.07, 6.45) is 0. The van der Waals surface area contributed by atoms with Gasteiger partial charge in [-0.25, -0.2) is 16.8 Å². The Morgan fingerprint density at radius 2 is 1.17 bits per heavy atom. The number of rotatable bonds is 6. The van der Waals surface area contributed by atoms with Gasteiger partial charge in [-0.15, -0.1) is 0 Å². The second kappa shape index (κ2) is 8.10. The number of nitrogens with one attached hydrogen (secondary N) is 1. The predicted octanol–water partition coefficient (Wildman–Crippen LogP) is 4.06. The zero-order valence-corrected chi connectivity index (χ0v) is 20.5. The zero-order chi connectivity index (χ0) is 25.0. The molecule has 0 saturated heterocycles. The van der Waals surface area contributed by atoms with Crippen molar-refractivity contribution in [3.63, 3.8) is 0 Å². The molecule has 1 N–H and O–H groups in total. The van der Waals surface area contributed by atoms with E-state index in [2.05, 4.69) is 5.32 Å². The van der Waals surface area contributed by atoms with Crippen LogP contribution in [0.15, 0.2) is 94.7 Å². The largest absolute Gasteiger partial charge is 0.320 e. The van der Waals surface area contributed by atoms with Gasteiger partial charge >= 0.3 is 0 Å². The van der Waals surface area contributed by atoms with Crippen molar-refractivity contribution in [1.29, 1.82) is 0 Å². The van der Waals surface area contributed by atoms with Gasteiger partial charge in [0.25, 0.3) is 26.0 Å². The second-order valence-corrected chi connectivity index (χ2v) is 11.9. The van der Waals surface area contributed by atoms with Crippen molar-refractivity contribution in [3.8, 4) is 0 Å². The summed E-state index contributed by atoms with van der Waals surface area (Å²) in [6, 6.07) is 22.7. The highest BCUT2D eigenvalue weighted by Crippen LogP contribution is 2.43. The number of carbonyl (C=O) groups excluding carboxylic acids is 1. The first-order valence-corrected chi connectivity index (χ1v) is 13.5. The van der Waals surface area contributed by atoms with Gasteiger partial charge in [-0.2, -0.15) is 0 Å². The Bertz CT molecular complexity index is 1690. The lowest BCUT2D eigenvalue weighted by Gasteiger charge is -2.24. The summed E-state index contributed by atoms with van der Waals surface area (Å²) < 4.78 is 57.3. The number of hydrogen-bond donors (Lipinski definition) is 1. The summed E-state index contributed by atoms with van der Waals surface area (Å²) in [7, 11) is -5.67. The van der Waals surface area contributed by atoms with Gasteiger partial charge in [-0.1, -0.05) is 48.5 Å². The summed E-state index contributed by atoms with van der Waals surface area (Å²) >= 11 is 0. The van der Waals surface area contributed by atoms with E-state index in [0.717, 1.165) is 14.7 Å². The smallest absolute Gasteiger partial charge is 0.266 e. The number of hydrogen-bond acceptors (Lipinski definition) is 5. The predicted molar refractivity (Wildman–Crippen MR) is 136 cm³/mol. The second-order valence-electron chi connectivity index (χ2n) is 8.05. The highest BCUT2D eigenvalue weighted by Gasteiger charge is 2.36. The molecule has 0 atom stereocenters. The van der Waals surface area contributed by atoms with Crippen LogP contribution in [0.3, 0.4) is 0 Å². The van der Waals surface area contributed by atoms with Gasteiger partial charge in [0.1, 0.15) is 4.90 Å². The van der Waals surface area contributed by atoms with Crippen LogP contribution in [0, 0.1) is 0 Å². The fraction of sp³-hybridized carbons (Fsp3) is 0.0800. The van der Waals surface area contributed by atoms with Gasteiger partial charge in [0, 0.05) is 30.4 Å². The number of nitrogens with zero attached hydrogens (tertiary/aromatic N) is 2. The van der Waals surface area contributed by atoms with Crippen molar-refractivity contribution < 1.29 is 21.6 Å². The number of para-hydroxylation sites is 2. The van der Waals surface area contributed by atoms with Crippen molar-refractivity contribution in [2.75, 3.05) is 28.0 Å². The minimum absolute atomic E-state index is 0.0738. The SMILES string of the molecule is CN(c1ccccc1)S(=O)(=O)c1cc(S(=O)(=O)N(C)c2ccccc2)c2cccc3c2c1NC3=O. The molecule has 35 heavy (non-hydrogen) atoms. The topological polar surface area (TPSA) is 104 Å². The molecule has 1 aliphatic heterocycles. The zero-order valence-electron chi connectivity index (χ0n) is 18.8. The number of benzene rings is 4. The average molecular weight is 508 g/mol. The summed E-state index contributed by atoms with van der Waals surface area (Å²) in [5.41, 5.74) is 1.10. The average Bonchev–Trinajstić information content (AvgIpc) is 3.21. The van der Waals surface area contributed by atoms with E-state index >= 15 is 0 Å². The van der Waals surface area contributed by atoms with Crippen LogP contribution in [0.25, 0.3) is 10.8 Å². The molecule has 0 spiro atoms. The summed E-state index contributed by atoms with van der Waals surface area (Å²) in [5, 5.41) is 3.17. The Labute approximate surface area is 203 Å². The quantitative estimate of drug-likeness (QED) is 0.424. The van der Waals surface area contributed by atoms with Crippen LogP contribution < -0.4 is 13.9 Å². The first-order chi connectivity index (χ1) is 16.6. The van der Waals surface area contributed by atoms with E-state index in [-0.39, 0.29) is 31.8 Å². The van der Waals surface area contributed by atoms with Crippen molar-refractivity contribution in [1.82, 2.24) is 0 Å². The van der Waals surface area contributed by atoms with Crippen LogP contribution in [0.2, 0.25) is 0 Å². The Morgan fingerprint density at radius 3 is 1.71 bits per heavy atom. The number of amides is 1. The van der Waals surface area contributed by atoms with E-state index in [1.807, 2.05) is 0 Å². The lowest BCUT2D eigenvalue weighted by Crippen LogP contribution is -2.29. The van der Waals surface area contributed by atoms with E-state index < -0.39 is 26.0 Å². The van der Waals surface area contributed by atoms with E-state index in [4.69, 9.17) is 0 Å². The molecule has 0 unspecified atom stereocenters. The molecule has 4 aromatic carbocycles. The Hall–Kier alpha value is -3.89. The Balaban J connectivity index is 1.80. The third-order valence-corrected chi connectivity index (χ3v) is 9.72. The third-order valence-electron chi connectivity index (χ3n) is 6.09. The number of anilines is 3. The van der Waals surface area contributed by atoms with E-state index in [0.29, 0.717) is 11.4 Å². The summed E-state index contributed by atoms with van der Waals surface area (Å²) in [4.78, 5) is 12.2. The summed E-state index contributed by atoms with van der Waals surface area (Å²) in [6.45, 7) is 0. The number of carbonyl (C=O) groups is 1. The van der Waals surface area contributed by atoms with Gasteiger partial charge in [-0.05, 0) is 36.4 Å². The highest BCUT2D eigenvalue weighted by molar-refractivity contribution is 7.93. The third kappa shape index (κ3) is 3.53. The van der Waals surface area contributed by atoms with E-state index in [1.165, 1.54) is 14.1 Å². The molecule has 0 aromatic heterocycles. The maximum Gasteiger partial charge on any atom is 0.266 e. The van der Waals surface area contributed by atoms with Crippen LogP contribution >= 0.6 is 0 Å². The van der Waals surface area contributed by atoms with Crippen LogP contribution in [-0.2, 0) is 20.0 Å². The Kier molecular flexibility index (Phi) is 5.30. The standard InChI is InChI=1S/C25H21N3O5S2/c1-27(17-10-5-3-6-11-17)34(30,31)21-16-22(35(32,33)28(2)18-12-7-4-8-13-18)24-23-19(21)14-9-15-20(23)25(29)26-24/h3-16H,1-2H3,(H,26,29). The van der Waals surface area contributed by atoms with Crippen LogP contribution in [-0.4, -0.2) is 36.8 Å². The molecule has 1 heterocycles. The molecular weight excluding hydrogens is 486 g/mol. The molecule has 0 radical (unpaired) electrons. The first-order valence-electron chi connectivity index (χ1n) is 10.6. The molecule has 4 aromatic rings. The molecule has 0 bridgehead atoms. The fourth-order valence-electron chi connectivity index (χ4n) is 4.18. The molecular formula is C25H21N3O5S2. The molecule has 1 amide bonds. The molecule has 0 saturated carbocycles. The summed E-state index contributed by atoms with van der Waals surface area (Å²) in [5.74, 6) is -0.490. The van der Waals surface area contributed by atoms with Crippen LogP contribution in [0.4, 0.5) is 17.1 Å². The molecule has 0 aliphatic carbocycles. The molecule has 8 nitrogen and oxygen atoms in total. The van der Waals surface area contributed by atoms with Gasteiger partial charge in [0.05, 0.1) is 22.0 Å². The van der Waals surface area contributed by atoms with Gasteiger partial charge in [0.2, 0.25) is 0 Å². The van der Waals surface area contributed by atoms with Crippen molar-refractivity contribution in [3.05, 3.63) is 90.5 Å². The normalized spacial score (nSPS) is 13.0. The fourth-order valence-corrected chi connectivity index (χ4v) is 7.03. The highest BCUT2D eigenvalue weighted by atomic mass is 32.2. The molecule has 1 aliphatic rings. The van der Waals surface area contributed by atoms with Crippen molar-refractivity contribution >= 4 is 53.8 Å². The van der Waals surface area contributed by atoms with Gasteiger partial charge in [-0.3, -0.25) is 13.4 Å². The maximum atomic E-state index is 13.8. The Morgan fingerprint density at radius 1 is 0.657 bits per heavy atom. The molecule has 178 valence electrons. The molecule has 10 heteroatoms. The minimum Gasteiger partial charge on any atom is -0.320 e. The van der Waals surface area contributed by atoms with Crippen LogP contribution in [0.1, 0.15) is 10.4 Å². The van der Waals surface area contributed by atoms with Gasteiger partial charge in [0.15, 0.2) is 0 Å². The number of sulfonamides is 2. The maximum absolute atomic E-state index is 13.8. The first kappa shape index (κ1) is 22.9. The lowest BCUT2D eigenvalue weighted by atomic mass is 10.1. The van der Waals surface area contributed by atoms with Gasteiger partial charge < -0.3 is 5.32 Å². The molecule has 5 rings (SSSR count).